The zero-order valence-electron chi connectivity index (χ0n) is 12.8. The van der Waals surface area contributed by atoms with E-state index in [0.717, 1.165) is 32.5 Å². The molecule has 0 amide bonds. The lowest BCUT2D eigenvalue weighted by Crippen LogP contribution is -2.28. The molecule has 110 valence electrons. The van der Waals surface area contributed by atoms with Gasteiger partial charge in [0.1, 0.15) is 5.82 Å². The van der Waals surface area contributed by atoms with E-state index >= 15 is 0 Å². The van der Waals surface area contributed by atoms with Gasteiger partial charge in [0.15, 0.2) is 0 Å². The maximum absolute atomic E-state index is 4.91. The van der Waals surface area contributed by atoms with E-state index < -0.39 is 0 Å². The maximum Gasteiger partial charge on any atom is 0.112 e. The predicted molar refractivity (Wildman–Crippen MR) is 85.0 cm³/mol. The largest absolute Gasteiger partial charge is 0.335 e. The van der Waals surface area contributed by atoms with Gasteiger partial charge >= 0.3 is 0 Å². The lowest BCUT2D eigenvalue weighted by Gasteiger charge is -2.22. The van der Waals surface area contributed by atoms with Crippen molar-refractivity contribution in [2.24, 2.45) is 0 Å². The molecule has 0 spiro atoms. The van der Waals surface area contributed by atoms with Crippen molar-refractivity contribution in [2.75, 3.05) is 13.1 Å². The highest BCUT2D eigenvalue weighted by molar-refractivity contribution is 5.11. The monoisotopic (exact) mass is 273 g/mol. The summed E-state index contributed by atoms with van der Waals surface area (Å²) in [6.07, 6.45) is 15.3. The smallest absolute Gasteiger partial charge is 0.112 e. The average Bonchev–Trinajstić information content (AvgIpc) is 2.91. The second kappa shape index (κ2) is 8.05. The standard InChI is InChI=1S/C17H27N3/c1-3-5-6-7-8-9-16-14-20(4-2)17(19-16)15-10-12-18-13-11-15/h3,5-7,14-15,18H,4,8-13H2,1-2H3/b5-3-,7-6-. The number of imidazole rings is 1. The highest BCUT2D eigenvalue weighted by Crippen LogP contribution is 2.25. The Labute approximate surface area is 122 Å². The minimum absolute atomic E-state index is 0.642. The van der Waals surface area contributed by atoms with Crippen molar-refractivity contribution in [2.45, 2.75) is 52.0 Å². The van der Waals surface area contributed by atoms with E-state index in [2.05, 4.69) is 47.3 Å². The van der Waals surface area contributed by atoms with Crippen LogP contribution in [0.15, 0.2) is 30.5 Å². The van der Waals surface area contributed by atoms with Gasteiger partial charge < -0.3 is 9.88 Å². The fourth-order valence-corrected chi connectivity index (χ4v) is 2.78. The van der Waals surface area contributed by atoms with Gasteiger partial charge in [-0.25, -0.2) is 4.98 Å². The molecule has 1 aromatic heterocycles. The first kappa shape index (κ1) is 15.0. The molecule has 0 saturated carbocycles. The molecule has 0 radical (unpaired) electrons. The molecular formula is C17H27N3. The fraction of sp³-hybridized carbons (Fsp3) is 0.588. The first-order valence-electron chi connectivity index (χ1n) is 7.89. The van der Waals surface area contributed by atoms with Crippen LogP contribution in [0.5, 0.6) is 0 Å². The molecule has 0 unspecified atom stereocenters. The van der Waals surface area contributed by atoms with Gasteiger partial charge in [-0.1, -0.05) is 24.3 Å². The van der Waals surface area contributed by atoms with Crippen molar-refractivity contribution >= 4 is 0 Å². The number of piperidine rings is 1. The van der Waals surface area contributed by atoms with E-state index in [0.29, 0.717) is 5.92 Å². The Morgan fingerprint density at radius 2 is 2.15 bits per heavy atom. The second-order valence-electron chi connectivity index (χ2n) is 5.39. The molecule has 1 aliphatic heterocycles. The van der Waals surface area contributed by atoms with Gasteiger partial charge in [-0.15, -0.1) is 0 Å². The van der Waals surface area contributed by atoms with Crippen LogP contribution in [0.3, 0.4) is 0 Å². The van der Waals surface area contributed by atoms with E-state index in [-0.39, 0.29) is 0 Å². The van der Waals surface area contributed by atoms with Gasteiger partial charge in [0.25, 0.3) is 0 Å². The predicted octanol–water partition coefficient (Wildman–Crippen LogP) is 3.43. The zero-order valence-corrected chi connectivity index (χ0v) is 12.8. The summed E-state index contributed by atoms with van der Waals surface area (Å²) in [5.41, 5.74) is 1.24. The van der Waals surface area contributed by atoms with Crippen molar-refractivity contribution in [1.29, 1.82) is 0 Å². The van der Waals surface area contributed by atoms with Crippen LogP contribution in [-0.2, 0) is 13.0 Å². The highest BCUT2D eigenvalue weighted by atomic mass is 15.1. The Bertz CT molecular complexity index is 451. The minimum atomic E-state index is 0.642. The van der Waals surface area contributed by atoms with E-state index in [1.807, 2.05) is 6.92 Å². The number of aryl methyl sites for hydroxylation is 2. The van der Waals surface area contributed by atoms with Gasteiger partial charge in [-0.3, -0.25) is 0 Å². The third kappa shape index (κ3) is 4.07. The second-order valence-corrected chi connectivity index (χ2v) is 5.39. The third-order valence-electron chi connectivity index (χ3n) is 3.91. The fourth-order valence-electron chi connectivity index (χ4n) is 2.78. The van der Waals surface area contributed by atoms with E-state index in [9.17, 15) is 0 Å². The van der Waals surface area contributed by atoms with Crippen LogP contribution < -0.4 is 5.32 Å². The van der Waals surface area contributed by atoms with E-state index in [1.165, 1.54) is 24.4 Å². The molecule has 1 saturated heterocycles. The highest BCUT2D eigenvalue weighted by Gasteiger charge is 2.20. The normalized spacial score (nSPS) is 17.5. The third-order valence-corrected chi connectivity index (χ3v) is 3.91. The summed E-state index contributed by atoms with van der Waals surface area (Å²) in [4.78, 5) is 4.91. The number of nitrogens with one attached hydrogen (secondary N) is 1. The Balaban J connectivity index is 1.98. The molecule has 0 aliphatic carbocycles. The number of hydrogen-bond donors (Lipinski definition) is 1. The minimum Gasteiger partial charge on any atom is -0.335 e. The van der Waals surface area contributed by atoms with Crippen molar-refractivity contribution < 1.29 is 0 Å². The van der Waals surface area contributed by atoms with Crippen LogP contribution in [0, 0.1) is 0 Å². The van der Waals surface area contributed by atoms with Crippen molar-refractivity contribution in [3.63, 3.8) is 0 Å². The quantitative estimate of drug-likeness (QED) is 0.805. The maximum atomic E-state index is 4.91. The summed E-state index contributed by atoms with van der Waals surface area (Å²) < 4.78 is 2.35. The van der Waals surface area contributed by atoms with Crippen molar-refractivity contribution in [1.82, 2.24) is 14.9 Å². The van der Waals surface area contributed by atoms with Gasteiger partial charge in [-0.2, -0.15) is 0 Å². The summed E-state index contributed by atoms with van der Waals surface area (Å²) in [6, 6.07) is 0. The lowest BCUT2D eigenvalue weighted by atomic mass is 9.97. The number of allylic oxidation sites excluding steroid dienone is 4. The SMILES string of the molecule is C/C=C\C=C/CCc1cn(CC)c(C2CCNCC2)n1. The summed E-state index contributed by atoms with van der Waals surface area (Å²) >= 11 is 0. The Morgan fingerprint density at radius 3 is 2.85 bits per heavy atom. The molecule has 3 heteroatoms. The number of aromatic nitrogens is 2. The Hall–Kier alpha value is -1.35. The van der Waals surface area contributed by atoms with Gasteiger partial charge in [0.2, 0.25) is 0 Å². The first-order valence-corrected chi connectivity index (χ1v) is 7.89. The molecule has 2 rings (SSSR count). The van der Waals surface area contributed by atoms with Gasteiger partial charge in [0.05, 0.1) is 5.69 Å². The van der Waals surface area contributed by atoms with Gasteiger partial charge in [0, 0.05) is 18.7 Å². The van der Waals surface area contributed by atoms with Crippen molar-refractivity contribution in [3.8, 4) is 0 Å². The molecule has 1 aromatic rings. The molecule has 1 aliphatic rings. The zero-order chi connectivity index (χ0) is 14.2. The van der Waals surface area contributed by atoms with Crippen LogP contribution in [0.1, 0.15) is 50.5 Å². The van der Waals surface area contributed by atoms with Crippen LogP contribution in [0.4, 0.5) is 0 Å². The molecule has 3 nitrogen and oxygen atoms in total. The molecule has 0 bridgehead atoms. The van der Waals surface area contributed by atoms with Crippen molar-refractivity contribution in [3.05, 3.63) is 42.0 Å². The number of hydrogen-bond acceptors (Lipinski definition) is 2. The summed E-state index contributed by atoms with van der Waals surface area (Å²) in [7, 11) is 0. The molecule has 2 heterocycles. The van der Waals surface area contributed by atoms with Crippen LogP contribution in [-0.4, -0.2) is 22.6 Å². The van der Waals surface area contributed by atoms with Crippen LogP contribution in [0.2, 0.25) is 0 Å². The molecule has 1 N–H and O–H groups in total. The molecule has 1 fully saturated rings. The Morgan fingerprint density at radius 1 is 1.35 bits per heavy atom. The van der Waals surface area contributed by atoms with E-state index in [1.54, 1.807) is 0 Å². The molecule has 20 heavy (non-hydrogen) atoms. The summed E-state index contributed by atoms with van der Waals surface area (Å²) in [5.74, 6) is 1.95. The number of rotatable bonds is 6. The lowest BCUT2D eigenvalue weighted by molar-refractivity contribution is 0.432. The number of nitrogens with zero attached hydrogens (tertiary/aromatic N) is 2. The topological polar surface area (TPSA) is 29.9 Å². The van der Waals surface area contributed by atoms with E-state index in [4.69, 9.17) is 4.98 Å². The molecule has 0 atom stereocenters. The van der Waals surface area contributed by atoms with Crippen LogP contribution in [0.25, 0.3) is 0 Å². The van der Waals surface area contributed by atoms with Gasteiger partial charge in [-0.05, 0) is 52.6 Å². The summed E-state index contributed by atoms with van der Waals surface area (Å²) in [5, 5.41) is 3.43. The average molecular weight is 273 g/mol. The van der Waals surface area contributed by atoms with Crippen LogP contribution >= 0.6 is 0 Å². The Kier molecular flexibility index (Phi) is 6.06. The molecule has 0 aromatic carbocycles. The first-order chi connectivity index (χ1) is 9.85. The summed E-state index contributed by atoms with van der Waals surface area (Å²) in [6.45, 7) is 7.53. The molecular weight excluding hydrogens is 246 g/mol.